The summed E-state index contributed by atoms with van der Waals surface area (Å²) in [7, 11) is 0. The molecule has 4 nitrogen and oxygen atoms in total. The number of carbonyl (C=O) groups is 1. The zero-order valence-corrected chi connectivity index (χ0v) is 15.7. The lowest BCUT2D eigenvalue weighted by Gasteiger charge is -2.13. The first-order valence-electron chi connectivity index (χ1n) is 8.33. The molecule has 0 spiro atoms. The smallest absolute Gasteiger partial charge is 0.264 e. The zero-order valence-electron chi connectivity index (χ0n) is 14.9. The second-order valence-electron chi connectivity index (χ2n) is 6.45. The number of aromatic nitrogens is 1. The molecule has 5 heteroatoms. The summed E-state index contributed by atoms with van der Waals surface area (Å²) in [6.45, 7) is 8.32. The van der Waals surface area contributed by atoms with E-state index in [2.05, 4.69) is 44.1 Å². The van der Waals surface area contributed by atoms with Crippen LogP contribution in [0.15, 0.2) is 36.4 Å². The fraction of sp³-hybridized carbons (Fsp3) is 0.300. The van der Waals surface area contributed by atoms with Gasteiger partial charge in [-0.2, -0.15) is 0 Å². The van der Waals surface area contributed by atoms with Crippen LogP contribution in [0, 0.1) is 13.8 Å². The number of rotatable bonds is 5. The minimum Gasteiger partial charge on any atom is -0.483 e. The standard InChI is InChI=1S/C20H22N2O2S/c1-12(2)15-7-5-6-8-17(15)24-11-19(23)22-20-21-16-9-13(3)14(4)10-18(16)25-20/h5-10,12H,11H2,1-4H3,(H,21,22,23). The van der Waals surface area contributed by atoms with Crippen LogP contribution < -0.4 is 10.1 Å². The zero-order chi connectivity index (χ0) is 18.0. The van der Waals surface area contributed by atoms with Crippen molar-refractivity contribution in [3.8, 4) is 5.75 Å². The van der Waals surface area contributed by atoms with Gasteiger partial charge in [0.1, 0.15) is 5.75 Å². The van der Waals surface area contributed by atoms with E-state index in [-0.39, 0.29) is 12.5 Å². The topological polar surface area (TPSA) is 51.2 Å². The maximum Gasteiger partial charge on any atom is 0.264 e. The van der Waals surface area contributed by atoms with Gasteiger partial charge in [-0.1, -0.05) is 43.4 Å². The molecule has 0 aliphatic heterocycles. The van der Waals surface area contributed by atoms with Crippen LogP contribution in [0.25, 0.3) is 10.2 Å². The van der Waals surface area contributed by atoms with Gasteiger partial charge in [-0.15, -0.1) is 0 Å². The maximum absolute atomic E-state index is 12.2. The third kappa shape index (κ3) is 3.99. The van der Waals surface area contributed by atoms with E-state index in [0.717, 1.165) is 21.5 Å². The van der Waals surface area contributed by atoms with Crippen molar-refractivity contribution in [3.63, 3.8) is 0 Å². The Morgan fingerprint density at radius 1 is 1.20 bits per heavy atom. The Kier molecular flexibility index (Phi) is 5.04. The number of thiazole rings is 1. The first-order chi connectivity index (χ1) is 11.9. The van der Waals surface area contributed by atoms with Gasteiger partial charge in [0.2, 0.25) is 0 Å². The van der Waals surface area contributed by atoms with Crippen LogP contribution in [-0.2, 0) is 4.79 Å². The molecule has 0 atom stereocenters. The molecule has 1 amide bonds. The van der Waals surface area contributed by atoms with Crippen molar-refractivity contribution in [1.29, 1.82) is 0 Å². The van der Waals surface area contributed by atoms with Crippen LogP contribution in [0.4, 0.5) is 5.13 Å². The van der Waals surface area contributed by atoms with Crippen molar-refractivity contribution < 1.29 is 9.53 Å². The number of anilines is 1. The lowest BCUT2D eigenvalue weighted by atomic mass is 10.0. The molecular formula is C20H22N2O2S. The molecule has 0 bridgehead atoms. The van der Waals surface area contributed by atoms with Gasteiger partial charge in [0.05, 0.1) is 10.2 Å². The van der Waals surface area contributed by atoms with Crippen molar-refractivity contribution >= 4 is 32.6 Å². The first-order valence-corrected chi connectivity index (χ1v) is 9.15. The van der Waals surface area contributed by atoms with Gasteiger partial charge in [-0.05, 0) is 54.7 Å². The number of nitrogens with zero attached hydrogens (tertiary/aromatic N) is 1. The highest BCUT2D eigenvalue weighted by molar-refractivity contribution is 7.22. The van der Waals surface area contributed by atoms with Crippen LogP contribution >= 0.6 is 11.3 Å². The van der Waals surface area contributed by atoms with E-state index in [1.54, 1.807) is 0 Å². The summed E-state index contributed by atoms with van der Waals surface area (Å²) in [5.41, 5.74) is 4.43. The molecule has 0 unspecified atom stereocenters. The largest absolute Gasteiger partial charge is 0.483 e. The highest BCUT2D eigenvalue weighted by Crippen LogP contribution is 2.29. The fourth-order valence-electron chi connectivity index (χ4n) is 2.62. The van der Waals surface area contributed by atoms with Gasteiger partial charge in [-0.25, -0.2) is 4.98 Å². The molecule has 130 valence electrons. The molecule has 0 aliphatic rings. The lowest BCUT2D eigenvalue weighted by Crippen LogP contribution is -2.20. The van der Waals surface area contributed by atoms with E-state index in [9.17, 15) is 4.79 Å². The minimum atomic E-state index is -0.203. The molecule has 0 aliphatic carbocycles. The van der Waals surface area contributed by atoms with Crippen molar-refractivity contribution in [2.24, 2.45) is 0 Å². The second kappa shape index (κ2) is 7.23. The normalized spacial score (nSPS) is 11.1. The van der Waals surface area contributed by atoms with E-state index < -0.39 is 0 Å². The molecule has 0 saturated carbocycles. The number of para-hydroxylation sites is 1. The Balaban J connectivity index is 1.67. The highest BCUT2D eigenvalue weighted by atomic mass is 32.1. The Morgan fingerprint density at radius 3 is 2.68 bits per heavy atom. The molecule has 1 N–H and O–H groups in total. The molecule has 1 aromatic heterocycles. The molecule has 0 fully saturated rings. The van der Waals surface area contributed by atoms with E-state index in [4.69, 9.17) is 4.74 Å². The maximum atomic E-state index is 12.2. The Morgan fingerprint density at radius 2 is 1.92 bits per heavy atom. The second-order valence-corrected chi connectivity index (χ2v) is 7.48. The number of nitrogens with one attached hydrogen (secondary N) is 1. The number of fused-ring (bicyclic) bond motifs is 1. The summed E-state index contributed by atoms with van der Waals surface area (Å²) in [5, 5.41) is 3.44. The predicted octanol–water partition coefficient (Wildman–Crippen LogP) is 5.05. The number of carbonyl (C=O) groups excluding carboxylic acids is 1. The number of amides is 1. The van der Waals surface area contributed by atoms with Crippen LogP contribution in [0.1, 0.15) is 36.5 Å². The molecule has 2 aromatic carbocycles. The number of benzene rings is 2. The third-order valence-electron chi connectivity index (χ3n) is 4.15. The van der Waals surface area contributed by atoms with Crippen LogP contribution in [0.3, 0.4) is 0 Å². The Labute approximate surface area is 151 Å². The van der Waals surface area contributed by atoms with Gasteiger partial charge in [-0.3, -0.25) is 10.1 Å². The average molecular weight is 354 g/mol. The van der Waals surface area contributed by atoms with Crippen LogP contribution in [0.2, 0.25) is 0 Å². The van der Waals surface area contributed by atoms with E-state index in [1.165, 1.54) is 22.5 Å². The Hall–Kier alpha value is -2.40. The van der Waals surface area contributed by atoms with Gasteiger partial charge < -0.3 is 4.74 Å². The predicted molar refractivity (Wildman–Crippen MR) is 104 cm³/mol. The molecule has 3 aromatic rings. The van der Waals surface area contributed by atoms with Crippen molar-refractivity contribution in [1.82, 2.24) is 4.98 Å². The summed E-state index contributed by atoms with van der Waals surface area (Å²) in [6, 6.07) is 12.0. The Bertz CT molecular complexity index is 876. The summed E-state index contributed by atoms with van der Waals surface area (Å²) < 4.78 is 6.78. The number of aryl methyl sites for hydroxylation is 2. The number of hydrogen-bond acceptors (Lipinski definition) is 4. The minimum absolute atomic E-state index is 0.0300. The van der Waals surface area contributed by atoms with E-state index >= 15 is 0 Å². The highest BCUT2D eigenvalue weighted by Gasteiger charge is 2.12. The quantitative estimate of drug-likeness (QED) is 0.697. The molecule has 3 rings (SSSR count). The van der Waals surface area contributed by atoms with Crippen molar-refractivity contribution in [2.75, 3.05) is 11.9 Å². The van der Waals surface area contributed by atoms with Gasteiger partial charge in [0.15, 0.2) is 11.7 Å². The number of hydrogen-bond donors (Lipinski definition) is 1. The van der Waals surface area contributed by atoms with Crippen LogP contribution in [-0.4, -0.2) is 17.5 Å². The molecule has 1 heterocycles. The summed E-state index contributed by atoms with van der Waals surface area (Å²) in [6.07, 6.45) is 0. The van der Waals surface area contributed by atoms with E-state index in [1.807, 2.05) is 30.3 Å². The van der Waals surface area contributed by atoms with Gasteiger partial charge in [0, 0.05) is 0 Å². The fourth-order valence-corrected chi connectivity index (χ4v) is 3.58. The van der Waals surface area contributed by atoms with E-state index in [0.29, 0.717) is 11.0 Å². The lowest BCUT2D eigenvalue weighted by molar-refractivity contribution is -0.118. The third-order valence-corrected chi connectivity index (χ3v) is 5.08. The average Bonchev–Trinajstić information content (AvgIpc) is 2.94. The molecule has 0 saturated heterocycles. The SMILES string of the molecule is Cc1cc2nc(NC(=O)COc3ccccc3C(C)C)sc2cc1C. The summed E-state index contributed by atoms with van der Waals surface area (Å²) in [4.78, 5) is 16.7. The summed E-state index contributed by atoms with van der Waals surface area (Å²) in [5.74, 6) is 0.893. The van der Waals surface area contributed by atoms with Gasteiger partial charge in [0.25, 0.3) is 5.91 Å². The van der Waals surface area contributed by atoms with Crippen molar-refractivity contribution in [2.45, 2.75) is 33.6 Å². The summed E-state index contributed by atoms with van der Waals surface area (Å²) >= 11 is 1.48. The van der Waals surface area contributed by atoms with Crippen LogP contribution in [0.5, 0.6) is 5.75 Å². The molecule has 25 heavy (non-hydrogen) atoms. The molecular weight excluding hydrogens is 332 g/mol. The molecule has 0 radical (unpaired) electrons. The van der Waals surface area contributed by atoms with Crippen molar-refractivity contribution in [3.05, 3.63) is 53.1 Å². The van der Waals surface area contributed by atoms with Gasteiger partial charge >= 0.3 is 0 Å². The number of ether oxygens (including phenoxy) is 1. The monoisotopic (exact) mass is 354 g/mol. The first kappa shape index (κ1) is 17.4.